The van der Waals surface area contributed by atoms with Crippen molar-refractivity contribution in [2.75, 3.05) is 44.6 Å². The lowest BCUT2D eigenvalue weighted by Gasteiger charge is -2.17. The number of hydrogen-bond donors (Lipinski definition) is 2. The van der Waals surface area contributed by atoms with E-state index in [0.29, 0.717) is 6.04 Å². The Kier molecular flexibility index (Phi) is 6.21. The second-order valence-electron chi connectivity index (χ2n) is 4.51. The molecule has 0 bridgehead atoms. The highest BCUT2D eigenvalue weighted by molar-refractivity contribution is 7.98. The smallest absolute Gasteiger partial charge is 0.191 e. The fourth-order valence-electron chi connectivity index (χ4n) is 1.49. The average Bonchev–Trinajstić information content (AvgIpc) is 2.35. The number of rotatable bonds is 7. The number of nitrogens with zero attached hydrogens (tertiary/aromatic N) is 3. The fourth-order valence-corrected chi connectivity index (χ4v) is 1.87. The van der Waals surface area contributed by atoms with E-state index in [9.17, 15) is 0 Å². The molecule has 0 aromatic carbocycles. The Hall–Kier alpha value is -1.01. The number of anilines is 2. The van der Waals surface area contributed by atoms with Crippen molar-refractivity contribution in [3.8, 4) is 0 Å². The third-order valence-corrected chi connectivity index (χ3v) is 3.10. The van der Waals surface area contributed by atoms with Crippen LogP contribution in [0.15, 0.2) is 11.2 Å². The molecule has 1 heterocycles. The summed E-state index contributed by atoms with van der Waals surface area (Å²) in [5.74, 6) is 1.72. The van der Waals surface area contributed by atoms with Crippen molar-refractivity contribution >= 4 is 23.4 Å². The van der Waals surface area contributed by atoms with Crippen molar-refractivity contribution in [2.24, 2.45) is 0 Å². The monoisotopic (exact) mass is 269 g/mol. The van der Waals surface area contributed by atoms with Crippen molar-refractivity contribution in [1.82, 2.24) is 14.9 Å². The number of nitrogens with one attached hydrogen (secondary N) is 2. The zero-order chi connectivity index (χ0) is 13.5. The van der Waals surface area contributed by atoms with Crippen LogP contribution >= 0.6 is 11.8 Å². The first-order chi connectivity index (χ1) is 8.55. The first-order valence-electron chi connectivity index (χ1n) is 6.07. The SMILES string of the molecule is CNc1cc(NC(C)CCN(C)C)nc(SC)n1. The normalized spacial score (nSPS) is 12.6. The van der Waals surface area contributed by atoms with Crippen molar-refractivity contribution < 1.29 is 0 Å². The molecule has 6 heteroatoms. The minimum Gasteiger partial charge on any atom is -0.373 e. The topological polar surface area (TPSA) is 53.1 Å². The standard InChI is InChI=1S/C12H23N5S/c1-9(6-7-17(3)4)14-11-8-10(13-2)15-12(16-11)18-5/h8-9H,6-7H2,1-5H3,(H2,13,14,15,16). The van der Waals surface area contributed by atoms with Gasteiger partial charge in [0.15, 0.2) is 5.16 Å². The molecule has 1 rings (SSSR count). The van der Waals surface area contributed by atoms with E-state index in [4.69, 9.17) is 0 Å². The van der Waals surface area contributed by atoms with Crippen LogP contribution in [0.2, 0.25) is 0 Å². The Labute approximate surface area is 114 Å². The minimum absolute atomic E-state index is 0.390. The summed E-state index contributed by atoms with van der Waals surface area (Å²) in [5, 5.41) is 7.25. The van der Waals surface area contributed by atoms with Gasteiger partial charge in [0.25, 0.3) is 0 Å². The maximum atomic E-state index is 4.45. The van der Waals surface area contributed by atoms with Crippen LogP contribution in [-0.4, -0.2) is 54.9 Å². The predicted molar refractivity (Wildman–Crippen MR) is 79.6 cm³/mol. The van der Waals surface area contributed by atoms with E-state index in [1.165, 1.54) is 0 Å². The van der Waals surface area contributed by atoms with Crippen LogP contribution in [0.25, 0.3) is 0 Å². The largest absolute Gasteiger partial charge is 0.373 e. The molecule has 1 atom stereocenters. The molecule has 5 nitrogen and oxygen atoms in total. The molecule has 0 saturated heterocycles. The van der Waals surface area contributed by atoms with Gasteiger partial charge in [0, 0.05) is 19.2 Å². The van der Waals surface area contributed by atoms with Gasteiger partial charge in [0.05, 0.1) is 0 Å². The predicted octanol–water partition coefficient (Wildman–Crippen LogP) is 1.99. The molecular weight excluding hydrogens is 246 g/mol. The highest BCUT2D eigenvalue weighted by Crippen LogP contribution is 2.17. The highest BCUT2D eigenvalue weighted by atomic mass is 32.2. The molecule has 0 saturated carbocycles. The van der Waals surface area contributed by atoms with Gasteiger partial charge in [-0.05, 0) is 40.2 Å². The summed E-state index contributed by atoms with van der Waals surface area (Å²) in [6.45, 7) is 3.23. The van der Waals surface area contributed by atoms with Gasteiger partial charge in [-0.25, -0.2) is 9.97 Å². The molecule has 0 aliphatic heterocycles. The lowest BCUT2D eigenvalue weighted by molar-refractivity contribution is 0.390. The van der Waals surface area contributed by atoms with Crippen LogP contribution in [0.4, 0.5) is 11.6 Å². The van der Waals surface area contributed by atoms with Crippen molar-refractivity contribution in [3.05, 3.63) is 6.07 Å². The Balaban J connectivity index is 2.65. The van der Waals surface area contributed by atoms with Gasteiger partial charge in [0.1, 0.15) is 11.6 Å². The first kappa shape index (κ1) is 15.0. The molecule has 0 aliphatic carbocycles. The van der Waals surface area contributed by atoms with E-state index in [1.54, 1.807) is 11.8 Å². The van der Waals surface area contributed by atoms with E-state index >= 15 is 0 Å². The van der Waals surface area contributed by atoms with E-state index in [2.05, 4.69) is 46.5 Å². The Bertz CT molecular complexity index is 347. The molecule has 0 spiro atoms. The fraction of sp³-hybridized carbons (Fsp3) is 0.667. The highest BCUT2D eigenvalue weighted by Gasteiger charge is 2.07. The Morgan fingerprint density at radius 2 is 2.00 bits per heavy atom. The van der Waals surface area contributed by atoms with E-state index < -0.39 is 0 Å². The third kappa shape index (κ3) is 5.10. The summed E-state index contributed by atoms with van der Waals surface area (Å²) in [7, 11) is 6.04. The van der Waals surface area contributed by atoms with Gasteiger partial charge in [-0.15, -0.1) is 0 Å². The lowest BCUT2D eigenvalue weighted by Crippen LogP contribution is -2.23. The zero-order valence-corrected chi connectivity index (χ0v) is 12.6. The summed E-state index contributed by atoms with van der Waals surface area (Å²) in [6.07, 6.45) is 3.06. The van der Waals surface area contributed by atoms with Gasteiger partial charge in [-0.1, -0.05) is 11.8 Å². The van der Waals surface area contributed by atoms with Gasteiger partial charge in [0.2, 0.25) is 0 Å². The summed E-state index contributed by atoms with van der Waals surface area (Å²) >= 11 is 1.55. The molecule has 0 radical (unpaired) electrons. The van der Waals surface area contributed by atoms with Crippen LogP contribution in [-0.2, 0) is 0 Å². The van der Waals surface area contributed by atoms with E-state index in [-0.39, 0.29) is 0 Å². The number of hydrogen-bond acceptors (Lipinski definition) is 6. The molecule has 1 aromatic rings. The lowest BCUT2D eigenvalue weighted by atomic mass is 10.2. The number of thioether (sulfide) groups is 1. The minimum atomic E-state index is 0.390. The quantitative estimate of drug-likeness (QED) is 0.583. The van der Waals surface area contributed by atoms with E-state index in [1.807, 2.05) is 19.4 Å². The summed E-state index contributed by atoms with van der Waals surface area (Å²) in [6, 6.07) is 2.33. The summed E-state index contributed by atoms with van der Waals surface area (Å²) < 4.78 is 0. The first-order valence-corrected chi connectivity index (χ1v) is 7.29. The molecular formula is C12H23N5S. The molecule has 2 N–H and O–H groups in total. The van der Waals surface area contributed by atoms with Crippen LogP contribution in [0, 0.1) is 0 Å². The van der Waals surface area contributed by atoms with Crippen molar-refractivity contribution in [1.29, 1.82) is 0 Å². The summed E-state index contributed by atoms with van der Waals surface area (Å²) in [4.78, 5) is 11.0. The summed E-state index contributed by atoms with van der Waals surface area (Å²) in [5.41, 5.74) is 0. The van der Waals surface area contributed by atoms with Crippen molar-refractivity contribution in [2.45, 2.75) is 24.5 Å². The van der Waals surface area contributed by atoms with E-state index in [0.717, 1.165) is 29.8 Å². The average molecular weight is 269 g/mol. The van der Waals surface area contributed by atoms with Crippen LogP contribution < -0.4 is 10.6 Å². The second-order valence-corrected chi connectivity index (χ2v) is 5.29. The third-order valence-electron chi connectivity index (χ3n) is 2.55. The van der Waals surface area contributed by atoms with Crippen LogP contribution in [0.1, 0.15) is 13.3 Å². The number of aromatic nitrogens is 2. The molecule has 102 valence electrons. The van der Waals surface area contributed by atoms with Gasteiger partial charge >= 0.3 is 0 Å². The second kappa shape index (κ2) is 7.43. The Morgan fingerprint density at radius 3 is 2.56 bits per heavy atom. The molecule has 1 aromatic heterocycles. The molecule has 1 unspecified atom stereocenters. The van der Waals surface area contributed by atoms with Crippen molar-refractivity contribution in [3.63, 3.8) is 0 Å². The zero-order valence-electron chi connectivity index (χ0n) is 11.8. The molecule has 0 aliphatic rings. The Morgan fingerprint density at radius 1 is 1.33 bits per heavy atom. The maximum Gasteiger partial charge on any atom is 0.191 e. The van der Waals surface area contributed by atoms with Crippen LogP contribution in [0.3, 0.4) is 0 Å². The van der Waals surface area contributed by atoms with Gasteiger partial charge in [-0.2, -0.15) is 0 Å². The van der Waals surface area contributed by atoms with Crippen LogP contribution in [0.5, 0.6) is 0 Å². The van der Waals surface area contributed by atoms with Gasteiger partial charge in [-0.3, -0.25) is 0 Å². The maximum absolute atomic E-state index is 4.45. The molecule has 0 amide bonds. The molecule has 18 heavy (non-hydrogen) atoms. The van der Waals surface area contributed by atoms with Gasteiger partial charge < -0.3 is 15.5 Å². The molecule has 0 fully saturated rings.